The molecule has 9 heavy (non-hydrogen) atoms. The average Bonchev–Trinajstić information content (AvgIpc) is 2.14. The van der Waals surface area contributed by atoms with Crippen LogP contribution < -0.4 is 5.73 Å². The molecule has 1 fully saturated rings. The average molecular weight is 129 g/mol. The van der Waals surface area contributed by atoms with Gasteiger partial charge < -0.3 is 10.5 Å². The van der Waals surface area contributed by atoms with Crippen molar-refractivity contribution in [2.75, 3.05) is 6.61 Å². The maximum atomic E-state index is 5.64. The smallest absolute Gasteiger partial charge is 0.0622 e. The summed E-state index contributed by atoms with van der Waals surface area (Å²) in [5, 5.41) is 0. The van der Waals surface area contributed by atoms with Crippen LogP contribution in [0.15, 0.2) is 0 Å². The van der Waals surface area contributed by atoms with Crippen molar-refractivity contribution in [3.8, 4) is 0 Å². The van der Waals surface area contributed by atoms with E-state index in [1.165, 1.54) is 0 Å². The molecule has 1 aliphatic rings. The first-order chi connectivity index (χ1) is 4.20. The summed E-state index contributed by atoms with van der Waals surface area (Å²) in [4.78, 5) is 0. The highest BCUT2D eigenvalue weighted by Gasteiger charge is 2.24. The highest BCUT2D eigenvalue weighted by Crippen LogP contribution is 2.18. The van der Waals surface area contributed by atoms with Crippen molar-refractivity contribution in [2.24, 2.45) is 11.7 Å². The molecular formula is C7H15NO. The van der Waals surface area contributed by atoms with Crippen LogP contribution in [0.25, 0.3) is 0 Å². The van der Waals surface area contributed by atoms with Gasteiger partial charge in [0.15, 0.2) is 0 Å². The van der Waals surface area contributed by atoms with Crippen LogP contribution in [0.4, 0.5) is 0 Å². The molecule has 2 N–H and O–H groups in total. The Bertz CT molecular complexity index is 92.9. The zero-order chi connectivity index (χ0) is 6.85. The molecule has 2 atom stereocenters. The summed E-state index contributed by atoms with van der Waals surface area (Å²) in [7, 11) is 0. The molecule has 0 bridgehead atoms. The number of nitrogens with two attached hydrogens (primary N) is 1. The number of hydrogen-bond acceptors (Lipinski definition) is 2. The van der Waals surface area contributed by atoms with Gasteiger partial charge in [0.25, 0.3) is 0 Å². The van der Waals surface area contributed by atoms with Gasteiger partial charge in [0.05, 0.1) is 12.7 Å². The highest BCUT2D eigenvalue weighted by molar-refractivity contribution is 4.77. The number of rotatable bonds is 1. The van der Waals surface area contributed by atoms with E-state index >= 15 is 0 Å². The third-order valence-electron chi connectivity index (χ3n) is 1.80. The topological polar surface area (TPSA) is 35.2 Å². The lowest BCUT2D eigenvalue weighted by molar-refractivity contribution is 0.0749. The Kier molecular flexibility index (Phi) is 2.09. The molecular weight excluding hydrogens is 114 g/mol. The Morgan fingerprint density at radius 2 is 2.22 bits per heavy atom. The van der Waals surface area contributed by atoms with E-state index in [1.54, 1.807) is 0 Å². The Balaban J connectivity index is 2.30. The zero-order valence-corrected chi connectivity index (χ0v) is 6.13. The van der Waals surface area contributed by atoms with Crippen LogP contribution in [0.3, 0.4) is 0 Å². The minimum Gasteiger partial charge on any atom is -0.376 e. The predicted molar refractivity (Wildman–Crippen MR) is 37.2 cm³/mol. The Morgan fingerprint density at radius 3 is 2.44 bits per heavy atom. The van der Waals surface area contributed by atoms with Crippen molar-refractivity contribution >= 4 is 0 Å². The van der Waals surface area contributed by atoms with E-state index in [0.29, 0.717) is 12.0 Å². The summed E-state index contributed by atoms with van der Waals surface area (Å²) in [5.41, 5.74) is 5.64. The lowest BCUT2D eigenvalue weighted by Gasteiger charge is -2.11. The largest absolute Gasteiger partial charge is 0.376 e. The van der Waals surface area contributed by atoms with Crippen LogP contribution in [-0.2, 0) is 4.74 Å². The van der Waals surface area contributed by atoms with Crippen LogP contribution in [0.1, 0.15) is 20.3 Å². The van der Waals surface area contributed by atoms with Gasteiger partial charge in [0, 0.05) is 6.04 Å². The molecule has 0 spiro atoms. The molecule has 0 radical (unpaired) electrons. The van der Waals surface area contributed by atoms with Crippen LogP contribution in [0.5, 0.6) is 0 Å². The first-order valence-corrected chi connectivity index (χ1v) is 3.57. The van der Waals surface area contributed by atoms with Gasteiger partial charge in [-0.1, -0.05) is 13.8 Å². The van der Waals surface area contributed by atoms with Crippen molar-refractivity contribution in [1.29, 1.82) is 0 Å². The van der Waals surface area contributed by atoms with Crippen LogP contribution >= 0.6 is 0 Å². The van der Waals surface area contributed by atoms with Gasteiger partial charge >= 0.3 is 0 Å². The normalized spacial score (nSPS) is 36.0. The van der Waals surface area contributed by atoms with Gasteiger partial charge in [0.1, 0.15) is 0 Å². The van der Waals surface area contributed by atoms with Crippen molar-refractivity contribution in [2.45, 2.75) is 32.4 Å². The first kappa shape index (κ1) is 7.03. The van der Waals surface area contributed by atoms with E-state index in [-0.39, 0.29) is 6.04 Å². The van der Waals surface area contributed by atoms with Crippen molar-refractivity contribution in [3.63, 3.8) is 0 Å². The third kappa shape index (κ3) is 1.66. The minimum absolute atomic E-state index is 0.289. The molecule has 1 aliphatic heterocycles. The first-order valence-electron chi connectivity index (χ1n) is 3.57. The van der Waals surface area contributed by atoms with Gasteiger partial charge in [-0.2, -0.15) is 0 Å². The fraction of sp³-hybridized carbons (Fsp3) is 1.00. The van der Waals surface area contributed by atoms with Gasteiger partial charge in [-0.05, 0) is 12.3 Å². The van der Waals surface area contributed by atoms with Gasteiger partial charge in [-0.25, -0.2) is 0 Å². The summed E-state index contributed by atoms with van der Waals surface area (Å²) in [6.07, 6.45) is 1.46. The molecule has 0 unspecified atom stereocenters. The standard InChI is InChI=1S/C7H15NO/c1-5(2)7-3-6(8)4-9-7/h5-7H,3-4,8H2,1-2H3/t6-,7+/m0/s1. The Hall–Kier alpha value is -0.0800. The molecule has 2 nitrogen and oxygen atoms in total. The summed E-state index contributed by atoms with van der Waals surface area (Å²) in [5.74, 6) is 0.624. The molecule has 1 saturated heterocycles. The quantitative estimate of drug-likeness (QED) is 0.567. The number of hydrogen-bond donors (Lipinski definition) is 1. The lowest BCUT2D eigenvalue weighted by Crippen LogP contribution is -2.20. The van der Waals surface area contributed by atoms with Crippen molar-refractivity contribution in [3.05, 3.63) is 0 Å². The van der Waals surface area contributed by atoms with E-state index in [0.717, 1.165) is 13.0 Å². The monoisotopic (exact) mass is 129 g/mol. The van der Waals surface area contributed by atoms with E-state index < -0.39 is 0 Å². The van der Waals surface area contributed by atoms with E-state index in [2.05, 4.69) is 13.8 Å². The molecule has 1 heterocycles. The third-order valence-corrected chi connectivity index (χ3v) is 1.80. The summed E-state index contributed by atoms with van der Waals surface area (Å²) < 4.78 is 5.40. The van der Waals surface area contributed by atoms with Gasteiger partial charge in [-0.3, -0.25) is 0 Å². The Labute approximate surface area is 56.4 Å². The molecule has 0 aromatic carbocycles. The van der Waals surface area contributed by atoms with Crippen LogP contribution in [0.2, 0.25) is 0 Å². The second-order valence-corrected chi connectivity index (χ2v) is 3.11. The predicted octanol–water partition coefficient (Wildman–Crippen LogP) is 0.759. The van der Waals surface area contributed by atoms with Crippen LogP contribution in [0, 0.1) is 5.92 Å². The molecule has 2 heteroatoms. The molecule has 0 amide bonds. The maximum absolute atomic E-state index is 5.64. The fourth-order valence-corrected chi connectivity index (χ4v) is 1.15. The summed E-state index contributed by atoms with van der Waals surface area (Å²) >= 11 is 0. The lowest BCUT2D eigenvalue weighted by atomic mass is 10.0. The van der Waals surface area contributed by atoms with Crippen molar-refractivity contribution in [1.82, 2.24) is 0 Å². The van der Waals surface area contributed by atoms with Gasteiger partial charge in [0.2, 0.25) is 0 Å². The van der Waals surface area contributed by atoms with Crippen LogP contribution in [-0.4, -0.2) is 18.8 Å². The second kappa shape index (κ2) is 2.67. The molecule has 54 valence electrons. The van der Waals surface area contributed by atoms with Crippen molar-refractivity contribution < 1.29 is 4.74 Å². The molecule has 0 aromatic rings. The van der Waals surface area contributed by atoms with E-state index in [4.69, 9.17) is 10.5 Å². The summed E-state index contributed by atoms with van der Waals surface area (Å²) in [6.45, 7) is 5.09. The summed E-state index contributed by atoms with van der Waals surface area (Å²) in [6, 6.07) is 0.289. The molecule has 0 aliphatic carbocycles. The maximum Gasteiger partial charge on any atom is 0.0622 e. The zero-order valence-electron chi connectivity index (χ0n) is 6.13. The Morgan fingerprint density at radius 1 is 1.56 bits per heavy atom. The second-order valence-electron chi connectivity index (χ2n) is 3.11. The highest BCUT2D eigenvalue weighted by atomic mass is 16.5. The van der Waals surface area contributed by atoms with E-state index in [1.807, 2.05) is 0 Å². The number of ether oxygens (including phenoxy) is 1. The SMILES string of the molecule is CC(C)[C@H]1C[C@H](N)CO1. The van der Waals surface area contributed by atoms with E-state index in [9.17, 15) is 0 Å². The molecule has 0 aromatic heterocycles. The van der Waals surface area contributed by atoms with Gasteiger partial charge in [-0.15, -0.1) is 0 Å². The molecule has 1 rings (SSSR count). The molecule has 0 saturated carbocycles. The fourth-order valence-electron chi connectivity index (χ4n) is 1.15. The minimum atomic E-state index is 0.289.